The molecule has 22 heavy (non-hydrogen) atoms. The van der Waals surface area contributed by atoms with Gasteiger partial charge in [0, 0.05) is 5.92 Å². The van der Waals surface area contributed by atoms with Gasteiger partial charge in [-0.25, -0.2) is 0 Å². The Bertz CT molecular complexity index is 509. The van der Waals surface area contributed by atoms with Crippen molar-refractivity contribution in [1.82, 2.24) is 0 Å². The molecule has 1 saturated carbocycles. The molecule has 1 amide bonds. The molecule has 3 N–H and O–H groups in total. The van der Waals surface area contributed by atoms with Crippen LogP contribution < -0.4 is 15.8 Å². The number of ether oxygens (including phenoxy) is 1. The van der Waals surface area contributed by atoms with E-state index in [1.165, 1.54) is 0 Å². The zero-order chi connectivity index (χ0) is 15.4. The average Bonchev–Trinajstić information content (AvgIpc) is 2.90. The van der Waals surface area contributed by atoms with Gasteiger partial charge in [-0.15, -0.1) is 12.4 Å². The SMILES string of the molecule is CC(C)Oc1c(Cl)cccc1NC(=O)[C@@H]1CCC[C@@H]1CN.Cl. The molecule has 0 heterocycles. The second-order valence-corrected chi connectivity index (χ2v) is 6.21. The lowest BCUT2D eigenvalue weighted by atomic mass is 9.95. The maximum atomic E-state index is 12.5. The minimum atomic E-state index is -0.0131. The van der Waals surface area contributed by atoms with Gasteiger partial charge in [0.05, 0.1) is 16.8 Å². The number of hydrogen-bond acceptors (Lipinski definition) is 3. The molecule has 0 bridgehead atoms. The number of halogens is 2. The van der Waals surface area contributed by atoms with E-state index in [9.17, 15) is 4.79 Å². The van der Waals surface area contributed by atoms with Crippen LogP contribution in [0.15, 0.2) is 18.2 Å². The van der Waals surface area contributed by atoms with E-state index in [1.54, 1.807) is 12.1 Å². The highest BCUT2D eigenvalue weighted by molar-refractivity contribution is 6.32. The fraction of sp³-hybridized carbons (Fsp3) is 0.562. The van der Waals surface area contributed by atoms with Crippen molar-refractivity contribution in [3.63, 3.8) is 0 Å². The smallest absolute Gasteiger partial charge is 0.227 e. The number of para-hydroxylation sites is 1. The zero-order valence-corrected chi connectivity index (χ0v) is 14.5. The summed E-state index contributed by atoms with van der Waals surface area (Å²) >= 11 is 6.18. The molecule has 1 aromatic carbocycles. The van der Waals surface area contributed by atoms with Crippen molar-refractivity contribution >= 4 is 35.6 Å². The Labute approximate surface area is 143 Å². The van der Waals surface area contributed by atoms with E-state index in [1.807, 2.05) is 19.9 Å². The van der Waals surface area contributed by atoms with Crippen molar-refractivity contribution in [2.75, 3.05) is 11.9 Å². The van der Waals surface area contributed by atoms with Gasteiger partial charge in [0.2, 0.25) is 5.91 Å². The maximum Gasteiger partial charge on any atom is 0.227 e. The van der Waals surface area contributed by atoms with Crippen LogP contribution in [0.2, 0.25) is 5.02 Å². The summed E-state index contributed by atoms with van der Waals surface area (Å²) in [5.41, 5.74) is 6.38. The first kappa shape index (κ1) is 19.1. The largest absolute Gasteiger partial charge is 0.487 e. The lowest BCUT2D eigenvalue weighted by Crippen LogP contribution is -2.30. The van der Waals surface area contributed by atoms with Crippen LogP contribution in [0.1, 0.15) is 33.1 Å². The van der Waals surface area contributed by atoms with Crippen LogP contribution in [0.4, 0.5) is 5.69 Å². The van der Waals surface area contributed by atoms with Gasteiger partial charge >= 0.3 is 0 Å². The fourth-order valence-electron chi connectivity index (χ4n) is 2.85. The van der Waals surface area contributed by atoms with Crippen LogP contribution in [0.5, 0.6) is 5.75 Å². The molecule has 0 spiro atoms. The molecule has 1 aliphatic rings. The number of anilines is 1. The number of nitrogens with one attached hydrogen (secondary N) is 1. The third kappa shape index (κ3) is 4.51. The highest BCUT2D eigenvalue weighted by Crippen LogP contribution is 2.36. The quantitative estimate of drug-likeness (QED) is 0.850. The van der Waals surface area contributed by atoms with Crippen molar-refractivity contribution in [2.24, 2.45) is 17.6 Å². The fourth-order valence-corrected chi connectivity index (χ4v) is 3.07. The van der Waals surface area contributed by atoms with Crippen molar-refractivity contribution in [1.29, 1.82) is 0 Å². The van der Waals surface area contributed by atoms with Gasteiger partial charge in [0.1, 0.15) is 0 Å². The molecule has 124 valence electrons. The minimum Gasteiger partial charge on any atom is -0.487 e. The Balaban J connectivity index is 0.00000242. The first-order chi connectivity index (χ1) is 10.0. The summed E-state index contributed by atoms with van der Waals surface area (Å²) in [6, 6.07) is 5.38. The number of amides is 1. The van der Waals surface area contributed by atoms with E-state index >= 15 is 0 Å². The first-order valence-electron chi connectivity index (χ1n) is 7.49. The first-order valence-corrected chi connectivity index (χ1v) is 7.86. The van der Waals surface area contributed by atoms with Gasteiger partial charge in [-0.3, -0.25) is 4.79 Å². The van der Waals surface area contributed by atoms with E-state index in [-0.39, 0.29) is 36.3 Å². The van der Waals surface area contributed by atoms with Crippen molar-refractivity contribution in [2.45, 2.75) is 39.2 Å². The second kappa shape index (κ2) is 8.61. The van der Waals surface area contributed by atoms with E-state index in [0.29, 0.717) is 23.0 Å². The topological polar surface area (TPSA) is 64.3 Å². The van der Waals surface area contributed by atoms with Gasteiger partial charge in [0.25, 0.3) is 0 Å². The summed E-state index contributed by atoms with van der Waals surface area (Å²) in [4.78, 5) is 12.5. The van der Waals surface area contributed by atoms with E-state index < -0.39 is 0 Å². The second-order valence-electron chi connectivity index (χ2n) is 5.81. The molecule has 0 aromatic heterocycles. The molecule has 1 fully saturated rings. The summed E-state index contributed by atoms with van der Waals surface area (Å²) in [5.74, 6) is 0.808. The molecule has 2 atom stereocenters. The van der Waals surface area contributed by atoms with Crippen molar-refractivity contribution in [3.8, 4) is 5.75 Å². The van der Waals surface area contributed by atoms with Gasteiger partial charge in [-0.05, 0) is 51.3 Å². The monoisotopic (exact) mass is 346 g/mol. The maximum absolute atomic E-state index is 12.5. The molecule has 1 aliphatic carbocycles. The van der Waals surface area contributed by atoms with Crippen molar-refractivity contribution in [3.05, 3.63) is 23.2 Å². The summed E-state index contributed by atoms with van der Waals surface area (Å²) in [5, 5.41) is 3.46. The number of carbonyl (C=O) groups excluding carboxylic acids is 1. The molecular formula is C16H24Cl2N2O2. The van der Waals surface area contributed by atoms with Crippen LogP contribution in [-0.4, -0.2) is 18.6 Å². The summed E-state index contributed by atoms with van der Waals surface area (Å²) in [7, 11) is 0. The Morgan fingerprint density at radius 3 is 2.82 bits per heavy atom. The van der Waals surface area contributed by atoms with Gasteiger partial charge in [-0.2, -0.15) is 0 Å². The summed E-state index contributed by atoms with van der Waals surface area (Å²) in [6.45, 7) is 4.41. The van der Waals surface area contributed by atoms with Crippen LogP contribution in [0, 0.1) is 11.8 Å². The summed E-state index contributed by atoms with van der Waals surface area (Å²) in [6.07, 6.45) is 2.97. The normalized spacial score (nSPS) is 20.6. The molecule has 0 aliphatic heterocycles. The van der Waals surface area contributed by atoms with Crippen LogP contribution in [-0.2, 0) is 4.79 Å². The number of carbonyl (C=O) groups is 1. The highest BCUT2D eigenvalue weighted by atomic mass is 35.5. The van der Waals surface area contributed by atoms with Crippen LogP contribution in [0.3, 0.4) is 0 Å². The molecule has 4 nitrogen and oxygen atoms in total. The lowest BCUT2D eigenvalue weighted by molar-refractivity contribution is -0.120. The Kier molecular flexibility index (Phi) is 7.46. The predicted octanol–water partition coefficient (Wildman–Crippen LogP) is 3.86. The lowest BCUT2D eigenvalue weighted by Gasteiger charge is -2.20. The van der Waals surface area contributed by atoms with Gasteiger partial charge in [-0.1, -0.05) is 24.1 Å². The third-order valence-corrected chi connectivity index (χ3v) is 4.17. The molecular weight excluding hydrogens is 323 g/mol. The zero-order valence-electron chi connectivity index (χ0n) is 13.0. The van der Waals surface area contributed by atoms with Crippen LogP contribution >= 0.6 is 24.0 Å². The van der Waals surface area contributed by atoms with Gasteiger partial charge < -0.3 is 15.8 Å². The van der Waals surface area contributed by atoms with Gasteiger partial charge in [0.15, 0.2) is 5.75 Å². The molecule has 6 heteroatoms. The van der Waals surface area contributed by atoms with E-state index in [4.69, 9.17) is 22.1 Å². The van der Waals surface area contributed by atoms with E-state index in [2.05, 4.69) is 5.32 Å². The predicted molar refractivity (Wildman–Crippen MR) is 93.0 cm³/mol. The summed E-state index contributed by atoms with van der Waals surface area (Å²) < 4.78 is 5.72. The number of benzene rings is 1. The molecule has 0 unspecified atom stereocenters. The number of hydrogen-bond donors (Lipinski definition) is 2. The van der Waals surface area contributed by atoms with Crippen molar-refractivity contribution < 1.29 is 9.53 Å². The standard InChI is InChI=1S/C16H23ClN2O2.ClH/c1-10(2)21-15-13(17)7-4-8-14(15)19-16(20)12-6-3-5-11(12)9-18;/h4,7-8,10-12H,3,5-6,9,18H2,1-2H3,(H,19,20);1H/t11-,12-;/m1./s1. The average molecular weight is 347 g/mol. The number of nitrogens with two attached hydrogens (primary N) is 1. The Hall–Kier alpha value is -0.970. The molecule has 1 aromatic rings. The Morgan fingerprint density at radius 2 is 2.18 bits per heavy atom. The Morgan fingerprint density at radius 1 is 1.45 bits per heavy atom. The molecule has 0 radical (unpaired) electrons. The number of rotatable bonds is 5. The van der Waals surface area contributed by atoms with E-state index in [0.717, 1.165) is 19.3 Å². The van der Waals surface area contributed by atoms with Crippen LogP contribution in [0.25, 0.3) is 0 Å². The molecule has 0 saturated heterocycles. The highest BCUT2D eigenvalue weighted by Gasteiger charge is 2.32. The minimum absolute atomic E-state index is 0. The molecule has 2 rings (SSSR count). The third-order valence-electron chi connectivity index (χ3n) is 3.88.